The van der Waals surface area contributed by atoms with Gasteiger partial charge in [0, 0.05) is 26.2 Å². The lowest BCUT2D eigenvalue weighted by Crippen LogP contribution is -2.30. The van der Waals surface area contributed by atoms with E-state index < -0.39 is 11.9 Å². The summed E-state index contributed by atoms with van der Waals surface area (Å²) in [5, 5.41) is 0. The molecule has 0 aliphatic rings. The first kappa shape index (κ1) is 15.6. The van der Waals surface area contributed by atoms with Gasteiger partial charge in [-0.05, 0) is 6.92 Å². The van der Waals surface area contributed by atoms with Crippen molar-refractivity contribution >= 4 is 28.5 Å². The number of carbonyl (C=O) groups excluding carboxylic acids is 1. The molecule has 0 N–H and O–H groups in total. The summed E-state index contributed by atoms with van der Waals surface area (Å²) in [6.07, 6.45) is 0. The number of benzene rings is 1. The average molecular weight is 314 g/mol. The van der Waals surface area contributed by atoms with E-state index in [1.54, 1.807) is 25.6 Å². The van der Waals surface area contributed by atoms with Gasteiger partial charge in [-0.3, -0.25) is 4.79 Å². The summed E-state index contributed by atoms with van der Waals surface area (Å²) in [7, 11) is 4.75. The topological polar surface area (TPSA) is 47.4 Å². The van der Waals surface area contributed by atoms with Crippen LogP contribution in [0.2, 0.25) is 0 Å². The van der Waals surface area contributed by atoms with E-state index in [4.69, 9.17) is 16.3 Å². The molecule has 1 unspecified atom stereocenters. The molecule has 0 aliphatic carbocycles. The lowest BCUT2D eigenvalue weighted by Gasteiger charge is -2.20. The molecule has 0 spiro atoms. The minimum Gasteiger partial charge on any atom is -0.494 e. The number of likely N-dealkylation sites (N-methyl/N-ethyl adjacent to an activating group) is 1. The van der Waals surface area contributed by atoms with Gasteiger partial charge in [-0.2, -0.15) is 0 Å². The second kappa shape index (κ2) is 5.89. The highest BCUT2D eigenvalue weighted by Gasteiger charge is 2.23. The van der Waals surface area contributed by atoms with Crippen LogP contribution in [0.3, 0.4) is 0 Å². The lowest BCUT2D eigenvalue weighted by molar-refractivity contribution is -0.131. The van der Waals surface area contributed by atoms with E-state index in [0.717, 1.165) is 0 Å². The largest absolute Gasteiger partial charge is 0.494 e. The van der Waals surface area contributed by atoms with Crippen LogP contribution in [0.5, 0.6) is 5.75 Å². The molecule has 0 aliphatic heterocycles. The number of hydrogen-bond acceptors (Lipinski definition) is 3. The molecule has 0 radical (unpaired) electrons. The Morgan fingerprint density at radius 2 is 2.19 bits per heavy atom. The Morgan fingerprint density at radius 1 is 1.52 bits per heavy atom. The minimum atomic E-state index is -0.498. The van der Waals surface area contributed by atoms with E-state index in [1.807, 2.05) is 0 Å². The molecule has 21 heavy (non-hydrogen) atoms. The van der Waals surface area contributed by atoms with Crippen LogP contribution >= 0.6 is 11.6 Å². The molecule has 2 aromatic rings. The summed E-state index contributed by atoms with van der Waals surface area (Å²) >= 11 is 5.91. The number of ether oxygens (including phenoxy) is 1. The van der Waals surface area contributed by atoms with Gasteiger partial charge >= 0.3 is 0 Å². The highest BCUT2D eigenvalue weighted by atomic mass is 35.5. The van der Waals surface area contributed by atoms with Gasteiger partial charge in [-0.25, -0.2) is 9.37 Å². The Balaban J connectivity index is 2.67. The fourth-order valence-corrected chi connectivity index (χ4v) is 2.50. The molecule has 114 valence electrons. The van der Waals surface area contributed by atoms with Crippen LogP contribution < -0.4 is 4.74 Å². The van der Waals surface area contributed by atoms with Crippen molar-refractivity contribution in [3.63, 3.8) is 0 Å². The molecule has 1 aromatic carbocycles. The van der Waals surface area contributed by atoms with Crippen LogP contribution in [0.4, 0.5) is 4.39 Å². The van der Waals surface area contributed by atoms with Crippen LogP contribution in [0.1, 0.15) is 18.8 Å². The van der Waals surface area contributed by atoms with Gasteiger partial charge in [-0.1, -0.05) is 0 Å². The fraction of sp³-hybridized carbons (Fsp3) is 0.429. The van der Waals surface area contributed by atoms with Crippen molar-refractivity contribution in [2.75, 3.05) is 21.2 Å². The number of aromatic nitrogens is 2. The number of hydrogen-bond donors (Lipinski definition) is 0. The van der Waals surface area contributed by atoms with E-state index in [-0.39, 0.29) is 17.5 Å². The predicted octanol–water partition coefficient (Wildman–Crippen LogP) is 2.57. The maximum Gasteiger partial charge on any atom is 0.244 e. The van der Waals surface area contributed by atoms with E-state index in [2.05, 4.69) is 4.98 Å². The number of rotatable bonds is 4. The number of nitrogens with zero attached hydrogens (tertiary/aromatic N) is 3. The fourth-order valence-electron chi connectivity index (χ4n) is 2.31. The summed E-state index contributed by atoms with van der Waals surface area (Å²) in [5.41, 5.74) is 1.06. The highest BCUT2D eigenvalue weighted by molar-refractivity contribution is 6.17. The smallest absolute Gasteiger partial charge is 0.244 e. The molecule has 0 saturated heterocycles. The van der Waals surface area contributed by atoms with Gasteiger partial charge in [0.2, 0.25) is 5.91 Å². The zero-order valence-corrected chi connectivity index (χ0v) is 13.1. The highest BCUT2D eigenvalue weighted by Crippen LogP contribution is 2.29. The van der Waals surface area contributed by atoms with Crippen LogP contribution in [0.25, 0.3) is 11.0 Å². The molecule has 7 heteroatoms. The number of imidazole rings is 1. The van der Waals surface area contributed by atoms with Crippen LogP contribution in [-0.4, -0.2) is 41.6 Å². The Hall–Kier alpha value is -1.82. The van der Waals surface area contributed by atoms with Crippen LogP contribution in [-0.2, 0) is 10.7 Å². The number of alkyl halides is 1. The molecule has 5 nitrogen and oxygen atoms in total. The third-order valence-electron chi connectivity index (χ3n) is 3.34. The first-order valence-electron chi connectivity index (χ1n) is 6.42. The quantitative estimate of drug-likeness (QED) is 0.815. The van der Waals surface area contributed by atoms with Gasteiger partial charge in [-0.15, -0.1) is 11.6 Å². The molecule has 1 atom stereocenters. The van der Waals surface area contributed by atoms with Crippen LogP contribution in [0.15, 0.2) is 12.1 Å². The Bertz CT molecular complexity index is 684. The third-order valence-corrected chi connectivity index (χ3v) is 3.58. The van der Waals surface area contributed by atoms with Crippen molar-refractivity contribution in [3.05, 3.63) is 23.8 Å². The van der Waals surface area contributed by atoms with Gasteiger partial charge in [0.25, 0.3) is 0 Å². The molecule has 1 amide bonds. The number of fused-ring (bicyclic) bond motifs is 1. The number of amides is 1. The van der Waals surface area contributed by atoms with Gasteiger partial charge < -0.3 is 14.2 Å². The number of methoxy groups -OCH3 is 1. The molecule has 1 heterocycles. The zero-order valence-electron chi connectivity index (χ0n) is 12.4. The summed E-state index contributed by atoms with van der Waals surface area (Å²) in [5.74, 6) is 0.159. The minimum absolute atomic E-state index is 0.0936. The lowest BCUT2D eigenvalue weighted by atomic mass is 10.2. The van der Waals surface area contributed by atoms with E-state index in [0.29, 0.717) is 16.9 Å². The molecule has 0 fully saturated rings. The van der Waals surface area contributed by atoms with Crippen LogP contribution in [0, 0.1) is 5.82 Å². The molecule has 2 rings (SSSR count). The normalized spacial score (nSPS) is 12.5. The molecule has 0 saturated carbocycles. The van der Waals surface area contributed by atoms with Crippen molar-refractivity contribution in [1.29, 1.82) is 0 Å². The standard InChI is InChI=1S/C14H17ClFN3O2/c1-8(14(20)18(2)3)19-11-6-12(21-4)9(16)5-10(11)17-13(19)7-15/h5-6,8H,7H2,1-4H3. The molecule has 1 aromatic heterocycles. The van der Waals surface area contributed by atoms with Crippen molar-refractivity contribution in [2.45, 2.75) is 18.8 Å². The Labute approximate surface area is 127 Å². The maximum atomic E-state index is 13.8. The van der Waals surface area contributed by atoms with Gasteiger partial charge in [0.05, 0.1) is 24.0 Å². The Kier molecular flexibility index (Phi) is 4.37. The summed E-state index contributed by atoms with van der Waals surface area (Å²) in [4.78, 5) is 18.0. The van der Waals surface area contributed by atoms with Gasteiger partial charge in [0.15, 0.2) is 11.6 Å². The number of carbonyl (C=O) groups is 1. The zero-order chi connectivity index (χ0) is 15.7. The van der Waals surface area contributed by atoms with E-state index in [9.17, 15) is 9.18 Å². The average Bonchev–Trinajstić information content (AvgIpc) is 2.81. The molecule has 0 bridgehead atoms. The molecular formula is C14H17ClFN3O2. The van der Waals surface area contributed by atoms with Crippen molar-refractivity contribution in [3.8, 4) is 5.75 Å². The maximum absolute atomic E-state index is 13.8. The first-order chi connectivity index (χ1) is 9.90. The third kappa shape index (κ3) is 2.68. The van der Waals surface area contributed by atoms with E-state index >= 15 is 0 Å². The second-order valence-electron chi connectivity index (χ2n) is 4.92. The molecular weight excluding hydrogens is 297 g/mol. The van der Waals surface area contributed by atoms with Gasteiger partial charge in [0.1, 0.15) is 11.9 Å². The van der Waals surface area contributed by atoms with Crippen molar-refractivity contribution < 1.29 is 13.9 Å². The monoisotopic (exact) mass is 313 g/mol. The first-order valence-corrected chi connectivity index (χ1v) is 6.95. The Morgan fingerprint density at radius 3 is 2.71 bits per heavy atom. The predicted molar refractivity (Wildman–Crippen MR) is 79.2 cm³/mol. The summed E-state index contributed by atoms with van der Waals surface area (Å²) in [6.45, 7) is 1.76. The number of halogens is 2. The second-order valence-corrected chi connectivity index (χ2v) is 5.18. The summed E-state index contributed by atoms with van der Waals surface area (Å²) < 4.78 is 20.5. The summed E-state index contributed by atoms with van der Waals surface area (Å²) in [6, 6.07) is 2.33. The van der Waals surface area contributed by atoms with E-state index in [1.165, 1.54) is 24.1 Å². The van der Waals surface area contributed by atoms with Crippen molar-refractivity contribution in [1.82, 2.24) is 14.5 Å². The SMILES string of the molecule is COc1cc2c(cc1F)nc(CCl)n2C(C)C(=O)N(C)C. The van der Waals surface area contributed by atoms with Crippen molar-refractivity contribution in [2.24, 2.45) is 0 Å².